The zero-order valence-electron chi connectivity index (χ0n) is 13.2. The summed E-state index contributed by atoms with van der Waals surface area (Å²) in [5.74, 6) is 0. The summed E-state index contributed by atoms with van der Waals surface area (Å²) in [7, 11) is 0. The number of H-pyrrole nitrogens is 1. The van der Waals surface area contributed by atoms with Crippen LogP contribution in [0.4, 0.5) is 0 Å². The van der Waals surface area contributed by atoms with Crippen molar-refractivity contribution >= 4 is 12.2 Å². The minimum atomic E-state index is 0. The van der Waals surface area contributed by atoms with Crippen molar-refractivity contribution in [2.75, 3.05) is 0 Å². The smallest absolute Gasteiger partial charge is 1.00 e. The maximum Gasteiger partial charge on any atom is 4.00 e. The van der Waals surface area contributed by atoms with Gasteiger partial charge < -0.3 is 29.8 Å². The van der Waals surface area contributed by atoms with E-state index in [1.807, 2.05) is 19.2 Å². The van der Waals surface area contributed by atoms with Crippen LogP contribution in [0.2, 0.25) is 0 Å². The molecule has 0 radical (unpaired) electrons. The van der Waals surface area contributed by atoms with E-state index in [9.17, 15) is 0 Å². The van der Waals surface area contributed by atoms with Gasteiger partial charge in [-0.2, -0.15) is 11.1 Å². The number of hydrogen-bond acceptors (Lipinski definition) is 0. The van der Waals surface area contributed by atoms with Crippen LogP contribution in [0, 0.1) is 20.0 Å². The van der Waals surface area contributed by atoms with E-state index in [0.29, 0.717) is 0 Å². The van der Waals surface area contributed by atoms with Crippen LogP contribution in [-0.2, 0) is 26.2 Å². The maximum atomic E-state index is 3.36. The zero-order valence-corrected chi connectivity index (χ0v) is 17.2. The van der Waals surface area contributed by atoms with E-state index in [4.69, 9.17) is 0 Å². The largest absolute Gasteiger partial charge is 4.00 e. The summed E-state index contributed by atoms with van der Waals surface area (Å²) in [5, 5.41) is 2.50. The number of nitrogens with one attached hydrogen (secondary N) is 1. The molecule has 22 heavy (non-hydrogen) atoms. The van der Waals surface area contributed by atoms with E-state index in [1.165, 1.54) is 32.7 Å². The van der Waals surface area contributed by atoms with Crippen molar-refractivity contribution in [2.45, 2.75) is 27.7 Å². The van der Waals surface area contributed by atoms with Crippen molar-refractivity contribution < 1.29 is 51.0 Å². The van der Waals surface area contributed by atoms with Gasteiger partial charge in [-0.25, -0.2) is 0 Å². The third-order valence-corrected chi connectivity index (χ3v) is 3.21. The quantitative estimate of drug-likeness (QED) is 0.443. The summed E-state index contributed by atoms with van der Waals surface area (Å²) in [5.41, 5.74) is 5.04. The summed E-state index contributed by atoms with van der Waals surface area (Å²) < 4.78 is 0. The van der Waals surface area contributed by atoms with Crippen LogP contribution in [0.3, 0.4) is 0 Å². The fourth-order valence-electron chi connectivity index (χ4n) is 1.80. The molecular formula is C18H19Cl2NZr. The third kappa shape index (κ3) is 6.28. The van der Waals surface area contributed by atoms with Gasteiger partial charge in [0.25, 0.3) is 0 Å². The molecule has 1 aromatic carbocycles. The van der Waals surface area contributed by atoms with Crippen molar-refractivity contribution in [3.63, 3.8) is 0 Å². The van der Waals surface area contributed by atoms with E-state index < -0.39 is 0 Å². The van der Waals surface area contributed by atoms with Crippen molar-refractivity contribution in [1.82, 2.24) is 4.98 Å². The first-order valence-electron chi connectivity index (χ1n) is 6.48. The van der Waals surface area contributed by atoms with Gasteiger partial charge in [-0.3, -0.25) is 0 Å². The Bertz CT molecular complexity index is 672. The number of allylic oxidation sites excluding steroid dienone is 2. The number of halogens is 2. The molecule has 2 aromatic rings. The second kappa shape index (κ2) is 11.1. The Kier molecular flexibility index (Phi) is 11.9. The van der Waals surface area contributed by atoms with Crippen LogP contribution < -0.4 is 35.3 Å². The summed E-state index contributed by atoms with van der Waals surface area (Å²) in [6, 6.07) is 8.33. The van der Waals surface area contributed by atoms with Gasteiger partial charge in [0.2, 0.25) is 0 Å². The average Bonchev–Trinajstić information content (AvgIpc) is 2.97. The van der Waals surface area contributed by atoms with Gasteiger partial charge >= 0.3 is 26.2 Å². The Hall–Kier alpha value is -0.557. The Morgan fingerprint density at radius 2 is 1.68 bits per heavy atom. The Labute approximate surface area is 164 Å². The van der Waals surface area contributed by atoms with Gasteiger partial charge in [0.05, 0.1) is 0 Å². The van der Waals surface area contributed by atoms with Crippen LogP contribution in [0.5, 0.6) is 0 Å². The Balaban J connectivity index is 0. The van der Waals surface area contributed by atoms with Crippen molar-refractivity contribution in [3.05, 3.63) is 69.4 Å². The summed E-state index contributed by atoms with van der Waals surface area (Å²) in [4.78, 5) is 2.87. The molecule has 0 spiro atoms. The second-order valence-corrected chi connectivity index (χ2v) is 4.99. The van der Waals surface area contributed by atoms with Crippen LogP contribution in [0.1, 0.15) is 25.0 Å². The van der Waals surface area contributed by atoms with Gasteiger partial charge in [0, 0.05) is 0 Å². The second-order valence-electron chi connectivity index (χ2n) is 4.99. The standard InChI is InChI=1S/C12H11.C6H8N.2ClH.Zr/c1-9(2)12-7-10-5-3-4-6-11(10)8-12;1-5-3-7-4-6(5)2;;;/h3-7H,1-2H3;3,7H,1-2H3;2*1H;/q2*-1;;;+4/p-2. The summed E-state index contributed by atoms with van der Waals surface area (Å²) >= 11 is 0. The molecule has 1 nitrogen and oxygen atoms in total. The molecule has 0 atom stereocenters. The van der Waals surface area contributed by atoms with E-state index >= 15 is 0 Å². The monoisotopic (exact) mass is 409 g/mol. The molecule has 0 unspecified atom stereocenters. The number of fused-ring (bicyclic) bond motifs is 1. The van der Waals surface area contributed by atoms with Crippen molar-refractivity contribution in [2.24, 2.45) is 0 Å². The molecule has 0 saturated heterocycles. The topological polar surface area (TPSA) is 15.8 Å². The van der Waals surface area contributed by atoms with Gasteiger partial charge in [0.1, 0.15) is 0 Å². The van der Waals surface area contributed by atoms with Crippen LogP contribution in [-0.4, -0.2) is 4.98 Å². The normalized spacial score (nSPS) is 10.3. The number of benzene rings is 1. The number of hydrogen-bond donors (Lipinski definition) is 1. The molecular weight excluding hydrogens is 392 g/mol. The van der Waals surface area contributed by atoms with Crippen LogP contribution >= 0.6 is 0 Å². The number of aromatic nitrogens is 1. The van der Waals surface area contributed by atoms with Crippen LogP contribution in [0.15, 0.2) is 41.6 Å². The molecule has 1 aliphatic carbocycles. The summed E-state index contributed by atoms with van der Waals surface area (Å²) in [6.07, 6.45) is 10.4. The summed E-state index contributed by atoms with van der Waals surface area (Å²) in [6.45, 7) is 8.32. The minimum Gasteiger partial charge on any atom is -1.00 e. The molecule has 114 valence electrons. The van der Waals surface area contributed by atoms with Gasteiger partial charge in [0.15, 0.2) is 0 Å². The molecule has 0 aliphatic heterocycles. The zero-order chi connectivity index (χ0) is 13.8. The molecule has 1 heterocycles. The van der Waals surface area contributed by atoms with Gasteiger partial charge in [-0.15, -0.1) is 52.2 Å². The molecule has 3 rings (SSSR count). The van der Waals surface area contributed by atoms with Crippen molar-refractivity contribution in [3.8, 4) is 0 Å². The minimum absolute atomic E-state index is 0. The molecule has 0 amide bonds. The van der Waals surface area contributed by atoms with E-state index in [-0.39, 0.29) is 51.0 Å². The number of aromatic amines is 1. The molecule has 1 aliphatic rings. The Morgan fingerprint density at radius 3 is 2.09 bits per heavy atom. The first-order valence-corrected chi connectivity index (χ1v) is 6.48. The van der Waals surface area contributed by atoms with Crippen molar-refractivity contribution in [1.29, 1.82) is 0 Å². The fraction of sp³-hybridized carbons (Fsp3) is 0.222. The van der Waals surface area contributed by atoms with Gasteiger partial charge in [-0.1, -0.05) is 45.9 Å². The first-order chi connectivity index (χ1) is 9.08. The van der Waals surface area contributed by atoms with E-state index in [2.05, 4.69) is 62.3 Å². The van der Waals surface area contributed by atoms with Gasteiger partial charge in [-0.05, 0) is 0 Å². The maximum absolute atomic E-state index is 3.36. The molecule has 0 saturated carbocycles. The van der Waals surface area contributed by atoms with E-state index in [1.54, 1.807) is 0 Å². The predicted molar refractivity (Wildman–Crippen MR) is 81.0 cm³/mol. The SMILES string of the molecule is CC(C)=C1[C-]=c2ccccc2=C1.Cc1[c-][nH]cc1C.[Cl-].[Cl-].[Zr+4]. The predicted octanol–water partition coefficient (Wildman–Crippen LogP) is -3.09. The molecule has 4 heteroatoms. The first kappa shape index (κ1) is 23.7. The molecule has 0 fully saturated rings. The number of rotatable bonds is 0. The molecule has 0 bridgehead atoms. The molecule has 1 N–H and O–H groups in total. The average molecular weight is 411 g/mol. The van der Waals surface area contributed by atoms with E-state index in [0.717, 1.165) is 0 Å². The Morgan fingerprint density at radius 1 is 1.05 bits per heavy atom. The third-order valence-electron chi connectivity index (χ3n) is 3.21. The van der Waals surface area contributed by atoms with Crippen LogP contribution in [0.25, 0.3) is 12.2 Å². The molecule has 1 aromatic heterocycles. The fourth-order valence-corrected chi connectivity index (χ4v) is 1.80. The number of aryl methyl sites for hydroxylation is 2.